The van der Waals surface area contributed by atoms with E-state index in [9.17, 15) is 9.59 Å². The summed E-state index contributed by atoms with van der Waals surface area (Å²) in [5.74, 6) is -0.464. The van der Waals surface area contributed by atoms with E-state index in [0.717, 1.165) is 15.5 Å². The Labute approximate surface area is 205 Å². The maximum Gasteiger partial charge on any atom is 0.268 e. The summed E-state index contributed by atoms with van der Waals surface area (Å²) in [7, 11) is 0. The molecule has 2 aromatic carbocycles. The van der Waals surface area contributed by atoms with Gasteiger partial charge in [-0.3, -0.25) is 9.59 Å². The summed E-state index contributed by atoms with van der Waals surface area (Å²) in [6.07, 6.45) is 0. The molecule has 31 heavy (non-hydrogen) atoms. The highest BCUT2D eigenvalue weighted by Gasteiger charge is 2.41. The fourth-order valence-electron chi connectivity index (χ4n) is 2.71. The van der Waals surface area contributed by atoms with Crippen LogP contribution in [0.4, 0.5) is 5.69 Å². The zero-order valence-corrected chi connectivity index (χ0v) is 20.9. The van der Waals surface area contributed by atoms with E-state index in [-0.39, 0.29) is 27.5 Å². The Morgan fingerprint density at radius 2 is 1.68 bits per heavy atom. The lowest BCUT2D eigenvalue weighted by Crippen LogP contribution is -2.43. The maximum atomic E-state index is 13.4. The van der Waals surface area contributed by atoms with Crippen molar-refractivity contribution < 1.29 is 9.59 Å². The SMILES string of the molecule is Cc1cc(Cl)ccc1SC1C(=O)N(c2c(Cl)cc(Cl)cc2Cl)N=C1NC(=O)C(C)(C)C. The average molecular weight is 519 g/mol. The summed E-state index contributed by atoms with van der Waals surface area (Å²) in [4.78, 5) is 26.9. The molecule has 0 aliphatic carbocycles. The first-order valence-corrected chi connectivity index (χ1v) is 11.6. The van der Waals surface area contributed by atoms with E-state index in [2.05, 4.69) is 10.4 Å². The Morgan fingerprint density at radius 1 is 1.06 bits per heavy atom. The lowest BCUT2D eigenvalue weighted by molar-refractivity contribution is -0.126. The second-order valence-electron chi connectivity index (χ2n) is 7.97. The van der Waals surface area contributed by atoms with Gasteiger partial charge in [-0.05, 0) is 42.8 Å². The van der Waals surface area contributed by atoms with E-state index in [1.165, 1.54) is 23.9 Å². The number of carbonyl (C=O) groups is 2. The largest absolute Gasteiger partial charge is 0.311 e. The van der Waals surface area contributed by atoms with Crippen LogP contribution in [0.25, 0.3) is 0 Å². The van der Waals surface area contributed by atoms with Crippen molar-refractivity contribution in [2.45, 2.75) is 37.8 Å². The standard InChI is InChI=1S/C21H19Cl4N3O2S/c1-10-7-11(22)5-6-15(10)31-17-18(26-20(30)21(2,3)4)27-28(19(17)29)16-13(24)8-12(23)9-14(16)25/h5-9,17H,1-4H3,(H,26,27,30). The number of nitrogens with one attached hydrogen (secondary N) is 1. The third-order valence-corrected chi connectivity index (χ3v) is 6.79. The third kappa shape index (κ3) is 5.32. The van der Waals surface area contributed by atoms with Gasteiger partial charge in [0.1, 0.15) is 5.69 Å². The van der Waals surface area contributed by atoms with Crippen LogP contribution in [0.1, 0.15) is 26.3 Å². The molecule has 10 heteroatoms. The summed E-state index contributed by atoms with van der Waals surface area (Å²) in [5.41, 5.74) is 0.420. The van der Waals surface area contributed by atoms with Crippen molar-refractivity contribution in [1.82, 2.24) is 5.32 Å². The maximum absolute atomic E-state index is 13.4. The summed E-state index contributed by atoms with van der Waals surface area (Å²) >= 11 is 25.9. The summed E-state index contributed by atoms with van der Waals surface area (Å²) in [6.45, 7) is 7.21. The van der Waals surface area contributed by atoms with Gasteiger partial charge >= 0.3 is 0 Å². The van der Waals surface area contributed by atoms with Crippen molar-refractivity contribution >= 4 is 81.5 Å². The first kappa shape index (κ1) is 24.2. The number of hydrogen-bond acceptors (Lipinski definition) is 4. The quantitative estimate of drug-likeness (QED) is 0.498. The monoisotopic (exact) mass is 517 g/mol. The van der Waals surface area contributed by atoms with Crippen LogP contribution in [0.3, 0.4) is 0 Å². The minimum Gasteiger partial charge on any atom is -0.311 e. The van der Waals surface area contributed by atoms with Crippen molar-refractivity contribution in [1.29, 1.82) is 0 Å². The minimum absolute atomic E-state index is 0.171. The summed E-state index contributed by atoms with van der Waals surface area (Å²) in [6, 6.07) is 8.32. The zero-order chi connectivity index (χ0) is 23.1. The predicted octanol–water partition coefficient (Wildman–Crippen LogP) is 6.59. The molecule has 164 valence electrons. The first-order valence-electron chi connectivity index (χ1n) is 9.19. The van der Waals surface area contributed by atoms with E-state index in [0.29, 0.717) is 10.0 Å². The van der Waals surface area contributed by atoms with Gasteiger partial charge in [0, 0.05) is 20.4 Å². The highest BCUT2D eigenvalue weighted by atomic mass is 35.5. The highest BCUT2D eigenvalue weighted by molar-refractivity contribution is 8.01. The second kappa shape index (κ2) is 9.20. The van der Waals surface area contributed by atoms with Gasteiger partial charge in [-0.15, -0.1) is 16.9 Å². The molecule has 0 aromatic heterocycles. The third-order valence-electron chi connectivity index (χ3n) is 4.39. The van der Waals surface area contributed by atoms with Gasteiger partial charge in [-0.25, -0.2) is 0 Å². The number of halogens is 4. The van der Waals surface area contributed by atoms with Gasteiger partial charge in [-0.1, -0.05) is 67.2 Å². The van der Waals surface area contributed by atoms with Crippen molar-refractivity contribution in [2.24, 2.45) is 10.5 Å². The Balaban J connectivity index is 2.03. The molecule has 0 radical (unpaired) electrons. The Bertz CT molecular complexity index is 1080. The number of hydrogen-bond donors (Lipinski definition) is 1. The molecule has 1 unspecified atom stereocenters. The number of rotatable bonds is 3. The van der Waals surface area contributed by atoms with Crippen LogP contribution in [0.15, 0.2) is 40.3 Å². The number of amides is 2. The Kier molecular flexibility index (Phi) is 7.18. The number of hydrazone groups is 1. The molecule has 0 spiro atoms. The van der Waals surface area contributed by atoms with Crippen LogP contribution < -0.4 is 10.3 Å². The average Bonchev–Trinajstić information content (AvgIpc) is 2.91. The summed E-state index contributed by atoms with van der Waals surface area (Å²) in [5, 5.41) is 8.74. The molecule has 1 aliphatic rings. The molecular formula is C21H19Cl4N3O2S. The lowest BCUT2D eigenvalue weighted by Gasteiger charge is -2.19. The van der Waals surface area contributed by atoms with Crippen LogP contribution in [0.2, 0.25) is 20.1 Å². The van der Waals surface area contributed by atoms with Gasteiger partial charge in [0.15, 0.2) is 11.1 Å². The number of carbonyl (C=O) groups excluding carboxylic acids is 2. The number of nitrogens with zero attached hydrogens (tertiary/aromatic N) is 2. The van der Waals surface area contributed by atoms with Gasteiger partial charge in [0.2, 0.25) is 5.91 Å². The van der Waals surface area contributed by atoms with Gasteiger partial charge in [-0.2, -0.15) is 5.01 Å². The number of thioether (sulfide) groups is 1. The Hall–Kier alpha value is -1.44. The number of benzene rings is 2. The molecule has 0 bridgehead atoms. The predicted molar refractivity (Wildman–Crippen MR) is 130 cm³/mol. The number of anilines is 1. The van der Waals surface area contributed by atoms with Crippen molar-refractivity contribution in [3.05, 3.63) is 56.0 Å². The van der Waals surface area contributed by atoms with Crippen LogP contribution in [-0.2, 0) is 9.59 Å². The zero-order valence-electron chi connectivity index (χ0n) is 17.1. The molecule has 1 atom stereocenters. The fraction of sp³-hybridized carbons (Fsp3) is 0.286. The smallest absolute Gasteiger partial charge is 0.268 e. The van der Waals surface area contributed by atoms with Crippen LogP contribution >= 0.6 is 58.2 Å². The number of aryl methyl sites for hydroxylation is 1. The summed E-state index contributed by atoms with van der Waals surface area (Å²) < 4.78 is 0. The molecule has 3 rings (SSSR count). The lowest BCUT2D eigenvalue weighted by atomic mass is 9.95. The molecule has 5 nitrogen and oxygen atoms in total. The highest BCUT2D eigenvalue weighted by Crippen LogP contribution is 2.41. The minimum atomic E-state index is -0.811. The molecular weight excluding hydrogens is 500 g/mol. The molecule has 0 saturated heterocycles. The van der Waals surface area contributed by atoms with Gasteiger partial charge < -0.3 is 5.32 Å². The molecule has 1 N–H and O–H groups in total. The van der Waals surface area contributed by atoms with E-state index in [4.69, 9.17) is 46.4 Å². The molecule has 1 aliphatic heterocycles. The second-order valence-corrected chi connectivity index (χ2v) is 10.8. The topological polar surface area (TPSA) is 61.8 Å². The fourth-order valence-corrected chi connectivity index (χ4v) is 4.97. The van der Waals surface area contributed by atoms with E-state index in [1.807, 2.05) is 13.0 Å². The van der Waals surface area contributed by atoms with Crippen molar-refractivity contribution in [3.8, 4) is 0 Å². The molecule has 2 aromatic rings. The Morgan fingerprint density at radius 3 is 2.23 bits per heavy atom. The van der Waals surface area contributed by atoms with Crippen molar-refractivity contribution in [3.63, 3.8) is 0 Å². The molecule has 1 heterocycles. The normalized spacial score (nSPS) is 16.5. The van der Waals surface area contributed by atoms with E-state index in [1.54, 1.807) is 32.9 Å². The van der Waals surface area contributed by atoms with Crippen molar-refractivity contribution in [2.75, 3.05) is 5.01 Å². The van der Waals surface area contributed by atoms with Crippen LogP contribution in [0, 0.1) is 12.3 Å². The van der Waals surface area contributed by atoms with Gasteiger partial charge in [0.25, 0.3) is 5.91 Å². The van der Waals surface area contributed by atoms with Gasteiger partial charge in [0.05, 0.1) is 10.0 Å². The van der Waals surface area contributed by atoms with E-state index < -0.39 is 16.6 Å². The van der Waals surface area contributed by atoms with Crippen LogP contribution in [0.5, 0.6) is 0 Å². The molecule has 0 saturated carbocycles. The van der Waals surface area contributed by atoms with E-state index >= 15 is 0 Å². The van der Waals surface area contributed by atoms with Crippen LogP contribution in [-0.4, -0.2) is 22.9 Å². The molecule has 0 fully saturated rings. The molecule has 2 amide bonds. The first-order chi connectivity index (χ1) is 14.4. The number of amidine groups is 1.